The van der Waals surface area contributed by atoms with Crippen molar-refractivity contribution in [3.05, 3.63) is 191 Å². The fraction of sp³-hybridized carbons (Fsp3) is 0.109. The topological polar surface area (TPSA) is 49.6 Å². The van der Waals surface area contributed by atoms with Gasteiger partial charge in [-0.25, -0.2) is 9.97 Å². The van der Waals surface area contributed by atoms with Crippen LogP contribution >= 0.6 is 0 Å². The molecule has 9 rings (SSSR count). The monoisotopic (exact) mass is 627 g/mol. The zero-order chi connectivity index (χ0) is 32.7. The van der Waals surface area contributed by atoms with Gasteiger partial charge >= 0.3 is 0 Å². The Labute approximate surface area is 287 Å². The van der Waals surface area contributed by atoms with Gasteiger partial charge in [0.1, 0.15) is 5.82 Å². The summed E-state index contributed by atoms with van der Waals surface area (Å²) in [6, 6.07) is 38.8. The Hall–Kier alpha value is -6.11. The summed E-state index contributed by atoms with van der Waals surface area (Å²) in [6.07, 6.45) is 21.7. The number of fused-ring (bicyclic) bond motifs is 4. The summed E-state index contributed by atoms with van der Waals surface area (Å²) in [6.45, 7) is 0. The highest BCUT2D eigenvalue weighted by Crippen LogP contribution is 2.51. The van der Waals surface area contributed by atoms with Crippen LogP contribution in [-0.2, 0) is 6.42 Å². The van der Waals surface area contributed by atoms with E-state index < -0.39 is 0 Å². The second kappa shape index (κ2) is 12.2. The molecule has 232 valence electrons. The van der Waals surface area contributed by atoms with E-state index >= 15 is 0 Å². The summed E-state index contributed by atoms with van der Waals surface area (Å²) in [4.78, 5) is 10.1. The molecule has 0 fully saturated rings. The van der Waals surface area contributed by atoms with E-state index in [0.717, 1.165) is 57.9 Å². The predicted octanol–water partition coefficient (Wildman–Crippen LogP) is 10.7. The van der Waals surface area contributed by atoms with Gasteiger partial charge in [0.25, 0.3) is 0 Å². The Morgan fingerprint density at radius 1 is 0.612 bits per heavy atom. The Morgan fingerprint density at radius 2 is 1.27 bits per heavy atom. The summed E-state index contributed by atoms with van der Waals surface area (Å²) >= 11 is 0. The van der Waals surface area contributed by atoms with E-state index in [1.165, 1.54) is 33.4 Å². The van der Waals surface area contributed by atoms with Crippen LogP contribution in [0.5, 0.6) is 0 Å². The molecule has 3 unspecified atom stereocenters. The van der Waals surface area contributed by atoms with Gasteiger partial charge in [0.15, 0.2) is 0 Å². The van der Waals surface area contributed by atoms with Gasteiger partial charge in [0, 0.05) is 34.4 Å². The summed E-state index contributed by atoms with van der Waals surface area (Å²) in [5.74, 6) is 1.61. The van der Waals surface area contributed by atoms with Gasteiger partial charge in [-0.05, 0) is 64.5 Å². The highest BCUT2D eigenvalue weighted by atomic mass is 14.9. The molecule has 4 aromatic carbocycles. The smallest absolute Gasteiger partial charge is 0.136 e. The molecule has 0 radical (unpaired) electrons. The average Bonchev–Trinajstić information content (AvgIpc) is 3.57. The van der Waals surface area contributed by atoms with E-state index in [1.807, 2.05) is 18.2 Å². The zero-order valence-corrected chi connectivity index (χ0v) is 27.0. The first-order valence-electron chi connectivity index (χ1n) is 17.0. The third kappa shape index (κ3) is 5.23. The lowest BCUT2D eigenvalue weighted by Gasteiger charge is -2.33. The number of aromatic nitrogens is 2. The molecule has 3 nitrogen and oxygen atoms in total. The van der Waals surface area contributed by atoms with E-state index in [-0.39, 0.29) is 11.8 Å². The van der Waals surface area contributed by atoms with Crippen LogP contribution in [0.15, 0.2) is 163 Å². The molecule has 4 aliphatic rings. The van der Waals surface area contributed by atoms with Crippen LogP contribution in [0.25, 0.3) is 44.8 Å². The Kier molecular flexibility index (Phi) is 7.21. The molecule has 0 bridgehead atoms. The maximum Gasteiger partial charge on any atom is 0.136 e. The minimum Gasteiger partial charge on any atom is -0.232 e. The number of nitriles is 1. The lowest BCUT2D eigenvalue weighted by Crippen LogP contribution is -2.20. The maximum atomic E-state index is 9.92. The van der Waals surface area contributed by atoms with Gasteiger partial charge in [0.2, 0.25) is 0 Å². The van der Waals surface area contributed by atoms with Gasteiger partial charge < -0.3 is 0 Å². The van der Waals surface area contributed by atoms with E-state index in [9.17, 15) is 5.26 Å². The molecule has 5 aromatic rings. The second-order valence-corrected chi connectivity index (χ2v) is 13.2. The quantitative estimate of drug-likeness (QED) is 0.195. The van der Waals surface area contributed by atoms with Crippen LogP contribution < -0.4 is 0 Å². The van der Waals surface area contributed by atoms with E-state index in [1.54, 1.807) is 0 Å². The van der Waals surface area contributed by atoms with Gasteiger partial charge in [-0.1, -0.05) is 145 Å². The first-order valence-corrected chi connectivity index (χ1v) is 17.0. The van der Waals surface area contributed by atoms with Crippen molar-refractivity contribution in [2.24, 2.45) is 11.8 Å². The fourth-order valence-electron chi connectivity index (χ4n) is 7.84. The van der Waals surface area contributed by atoms with Crippen molar-refractivity contribution in [3.63, 3.8) is 0 Å². The molecule has 0 N–H and O–H groups in total. The number of allylic oxidation sites excluding steroid dienone is 12. The van der Waals surface area contributed by atoms with Crippen molar-refractivity contribution in [1.82, 2.24) is 9.97 Å². The fourth-order valence-corrected chi connectivity index (χ4v) is 7.84. The van der Waals surface area contributed by atoms with E-state index in [2.05, 4.69) is 146 Å². The van der Waals surface area contributed by atoms with E-state index in [0.29, 0.717) is 5.92 Å². The molecule has 49 heavy (non-hydrogen) atoms. The highest BCUT2D eigenvalue weighted by Gasteiger charge is 2.36. The number of rotatable bonds is 5. The molecule has 1 aromatic heterocycles. The lowest BCUT2D eigenvalue weighted by atomic mass is 9.71. The van der Waals surface area contributed by atoms with Crippen LogP contribution in [0.2, 0.25) is 0 Å². The van der Waals surface area contributed by atoms with Crippen LogP contribution in [0, 0.1) is 23.2 Å². The first kappa shape index (κ1) is 29.1. The standard InChI is InChI=1S/C46H33N3/c47-29-37-15-9-14-36-26-41-39-17-8-7-16-38(39)40(27-42(41)45(36)37)32-22-18-30(19-23-32)31-20-24-34(25-21-31)44-28-43(33-10-3-1-4-11-33)48-46(49-44)35-12-5-2-6-13-35/h1-12,14-25,27-28,35,38-39H,13,26H2. The van der Waals surface area contributed by atoms with Crippen LogP contribution in [0.3, 0.4) is 0 Å². The molecule has 4 aliphatic carbocycles. The van der Waals surface area contributed by atoms with Crippen molar-refractivity contribution in [1.29, 1.82) is 5.26 Å². The first-order chi connectivity index (χ1) is 24.2. The Bertz CT molecular complexity index is 2330. The molecule has 1 heterocycles. The van der Waals surface area contributed by atoms with Crippen molar-refractivity contribution >= 4 is 11.1 Å². The van der Waals surface area contributed by atoms with Gasteiger partial charge in [-0.15, -0.1) is 0 Å². The molecule has 0 aliphatic heterocycles. The molecule has 3 heteroatoms. The SMILES string of the molecule is N#Cc1cccc2c1C1=C(C2)C2C=CC=CC2C(c2ccc(-c3ccc(-c4cc(-c5ccccc5)nc(C5C=CC=CC5)n4)cc3)cc2)=C1. The van der Waals surface area contributed by atoms with Crippen molar-refractivity contribution in [3.8, 4) is 39.7 Å². The van der Waals surface area contributed by atoms with Crippen molar-refractivity contribution in [2.45, 2.75) is 18.8 Å². The zero-order valence-electron chi connectivity index (χ0n) is 27.0. The third-order valence-electron chi connectivity index (χ3n) is 10.3. The predicted molar refractivity (Wildman–Crippen MR) is 199 cm³/mol. The molecular formula is C46H33N3. The summed E-state index contributed by atoms with van der Waals surface area (Å²) < 4.78 is 0. The van der Waals surface area contributed by atoms with Crippen molar-refractivity contribution < 1.29 is 0 Å². The summed E-state index contributed by atoms with van der Waals surface area (Å²) in [5.41, 5.74) is 14.7. The normalized spacial score (nSPS) is 20.0. The maximum absolute atomic E-state index is 9.92. The summed E-state index contributed by atoms with van der Waals surface area (Å²) in [7, 11) is 0. The largest absolute Gasteiger partial charge is 0.232 e. The molecule has 3 atom stereocenters. The van der Waals surface area contributed by atoms with Crippen LogP contribution in [0.4, 0.5) is 0 Å². The molecule has 0 spiro atoms. The third-order valence-corrected chi connectivity index (χ3v) is 10.3. The molecule has 0 saturated carbocycles. The number of hydrogen-bond acceptors (Lipinski definition) is 3. The molecule has 0 saturated heterocycles. The van der Waals surface area contributed by atoms with Gasteiger partial charge in [0.05, 0.1) is 23.0 Å². The lowest BCUT2D eigenvalue weighted by molar-refractivity contribution is 0.633. The van der Waals surface area contributed by atoms with Crippen LogP contribution in [0.1, 0.15) is 40.4 Å². The number of nitrogens with zero attached hydrogens (tertiary/aromatic N) is 3. The van der Waals surface area contributed by atoms with Crippen LogP contribution in [-0.4, -0.2) is 9.97 Å². The molecular weight excluding hydrogens is 595 g/mol. The van der Waals surface area contributed by atoms with E-state index in [4.69, 9.17) is 9.97 Å². The minimum absolute atomic E-state index is 0.166. The number of hydrogen-bond donors (Lipinski definition) is 0. The number of benzene rings is 4. The van der Waals surface area contributed by atoms with Crippen molar-refractivity contribution in [2.75, 3.05) is 0 Å². The van der Waals surface area contributed by atoms with Gasteiger partial charge in [-0.3, -0.25) is 0 Å². The minimum atomic E-state index is 0.166. The average molecular weight is 628 g/mol. The summed E-state index contributed by atoms with van der Waals surface area (Å²) in [5, 5.41) is 9.92. The van der Waals surface area contributed by atoms with Gasteiger partial charge in [-0.2, -0.15) is 5.26 Å². The highest BCUT2D eigenvalue weighted by molar-refractivity contribution is 5.95. The second-order valence-electron chi connectivity index (χ2n) is 13.2. The Balaban J connectivity index is 1.03. The Morgan fingerprint density at radius 3 is 1.96 bits per heavy atom. The molecule has 0 amide bonds.